The van der Waals surface area contributed by atoms with Gasteiger partial charge in [-0.2, -0.15) is 0 Å². The van der Waals surface area contributed by atoms with Gasteiger partial charge in [0.05, 0.1) is 26.4 Å². The Morgan fingerprint density at radius 2 is 0.562 bits per heavy atom. The number of hydrogen-bond acceptors (Lipinski definition) is 15. The molecular weight excluding hydrogens is 1260 g/mol. The smallest absolute Gasteiger partial charge is 0.462 e. The van der Waals surface area contributed by atoms with E-state index in [1.807, 2.05) is 12.2 Å². The van der Waals surface area contributed by atoms with Crippen molar-refractivity contribution in [3.63, 3.8) is 0 Å². The van der Waals surface area contributed by atoms with Gasteiger partial charge in [0.2, 0.25) is 0 Å². The number of carbonyl (C=O) groups is 4. The van der Waals surface area contributed by atoms with E-state index in [2.05, 4.69) is 113 Å². The Labute approximate surface area is 582 Å². The number of aliphatic hydroxyl groups excluding tert-OH is 1. The molecule has 0 rings (SSSR count). The molecule has 0 saturated heterocycles. The van der Waals surface area contributed by atoms with Gasteiger partial charge in [-0.05, 0) is 135 Å². The molecule has 0 spiro atoms. The fourth-order valence-corrected chi connectivity index (χ4v) is 11.3. The standard InChI is InChI=1S/C77H134O17P2/c1-5-9-13-17-21-25-29-32-34-35-37-40-43-46-50-54-58-62-75(80)87-67-72(93-76(81)63-59-55-51-47-41-28-24-20-16-12-8-4)69-91-95(83,84)89-65-71(78)66-90-96(85,86)92-70-73(94-77(82)64-60-56-52-48-44-38-31-27-23-19-15-11-7-3)68-88-74(79)61-57-53-49-45-42-39-36-33-30-26-22-18-14-10-6-2/h9,13,20-21,24-25,27,31-34,36-37,40,46,50,71-73,78H,5-8,10-12,14-19,22-23,26,28-30,35,38-39,41-45,47-49,51-70H2,1-4H3,(H,83,84)(H,85,86)/b13-9-,24-20-,25-21-,31-27-,34-32-,36-33-,40-37-,50-46-. The lowest BCUT2D eigenvalue weighted by Gasteiger charge is -2.21. The largest absolute Gasteiger partial charge is 0.472 e. The summed E-state index contributed by atoms with van der Waals surface area (Å²) in [5, 5.41) is 10.6. The van der Waals surface area contributed by atoms with Gasteiger partial charge in [-0.15, -0.1) is 0 Å². The molecule has 0 aliphatic heterocycles. The van der Waals surface area contributed by atoms with E-state index in [-0.39, 0.29) is 25.7 Å². The van der Waals surface area contributed by atoms with E-state index >= 15 is 0 Å². The highest BCUT2D eigenvalue weighted by molar-refractivity contribution is 7.47. The third-order valence-corrected chi connectivity index (χ3v) is 17.4. The molecule has 0 aliphatic rings. The van der Waals surface area contributed by atoms with Crippen molar-refractivity contribution in [3.8, 4) is 0 Å². The maximum absolute atomic E-state index is 13.1. The lowest BCUT2D eigenvalue weighted by Crippen LogP contribution is -2.30. The Kier molecular flexibility index (Phi) is 66.6. The van der Waals surface area contributed by atoms with Crippen LogP contribution in [-0.2, 0) is 65.4 Å². The molecule has 0 aliphatic carbocycles. The molecule has 0 aromatic carbocycles. The molecule has 0 heterocycles. The summed E-state index contributed by atoms with van der Waals surface area (Å²) in [5.41, 5.74) is 0. The third-order valence-electron chi connectivity index (χ3n) is 15.5. The molecular formula is C77H134O17P2. The number of ether oxygens (including phenoxy) is 4. The second-order valence-corrected chi connectivity index (χ2v) is 27.8. The first kappa shape index (κ1) is 92.0. The topological polar surface area (TPSA) is 237 Å². The number of hydrogen-bond donors (Lipinski definition) is 3. The lowest BCUT2D eigenvalue weighted by atomic mass is 10.1. The van der Waals surface area contributed by atoms with E-state index < -0.39 is 97.5 Å². The average Bonchev–Trinajstić information content (AvgIpc) is 1.13. The molecule has 0 aromatic heterocycles. The summed E-state index contributed by atoms with van der Waals surface area (Å²) in [5.74, 6) is -2.26. The second kappa shape index (κ2) is 69.5. The van der Waals surface area contributed by atoms with E-state index in [0.717, 1.165) is 148 Å². The van der Waals surface area contributed by atoms with E-state index in [9.17, 15) is 43.2 Å². The van der Waals surface area contributed by atoms with Crippen molar-refractivity contribution in [1.82, 2.24) is 0 Å². The van der Waals surface area contributed by atoms with E-state index in [4.69, 9.17) is 37.0 Å². The highest BCUT2D eigenvalue weighted by Crippen LogP contribution is 2.45. The van der Waals surface area contributed by atoms with Crippen molar-refractivity contribution in [2.24, 2.45) is 0 Å². The monoisotopic (exact) mass is 1390 g/mol. The van der Waals surface area contributed by atoms with Gasteiger partial charge in [0.25, 0.3) is 0 Å². The molecule has 554 valence electrons. The van der Waals surface area contributed by atoms with Gasteiger partial charge in [-0.3, -0.25) is 37.3 Å². The summed E-state index contributed by atoms with van der Waals surface area (Å²) in [4.78, 5) is 72.7. The van der Waals surface area contributed by atoms with Crippen LogP contribution in [0.25, 0.3) is 0 Å². The Morgan fingerprint density at radius 3 is 0.927 bits per heavy atom. The van der Waals surface area contributed by atoms with E-state index in [0.29, 0.717) is 32.1 Å². The molecule has 0 bridgehead atoms. The van der Waals surface area contributed by atoms with Crippen LogP contribution in [0.3, 0.4) is 0 Å². The fourth-order valence-electron chi connectivity index (χ4n) is 9.75. The maximum Gasteiger partial charge on any atom is 0.472 e. The molecule has 5 unspecified atom stereocenters. The quantitative estimate of drug-likeness (QED) is 0.0169. The summed E-state index contributed by atoms with van der Waals surface area (Å²) < 4.78 is 68.3. The Balaban J connectivity index is 5.36. The third kappa shape index (κ3) is 68.5. The van der Waals surface area contributed by atoms with Crippen molar-refractivity contribution in [2.75, 3.05) is 39.6 Å². The number of allylic oxidation sites excluding steroid dienone is 16. The summed E-state index contributed by atoms with van der Waals surface area (Å²) in [7, 11) is -9.96. The summed E-state index contributed by atoms with van der Waals surface area (Å²) >= 11 is 0. The van der Waals surface area contributed by atoms with Crippen LogP contribution in [0, 0.1) is 0 Å². The normalized spacial score (nSPS) is 14.5. The van der Waals surface area contributed by atoms with Gasteiger partial charge in [0, 0.05) is 25.7 Å². The number of phosphoric ester groups is 2. The number of carbonyl (C=O) groups excluding carboxylic acids is 4. The zero-order valence-corrected chi connectivity index (χ0v) is 62.1. The second-order valence-electron chi connectivity index (χ2n) is 24.8. The predicted octanol–water partition coefficient (Wildman–Crippen LogP) is 21.2. The number of esters is 4. The minimum atomic E-state index is -4.98. The van der Waals surface area contributed by atoms with Gasteiger partial charge in [-0.25, -0.2) is 9.13 Å². The predicted molar refractivity (Wildman–Crippen MR) is 390 cm³/mol. The Hall–Kier alpha value is -4.02. The van der Waals surface area contributed by atoms with Gasteiger partial charge in [0.1, 0.15) is 19.3 Å². The average molecular weight is 1390 g/mol. The minimum Gasteiger partial charge on any atom is -0.462 e. The zero-order chi connectivity index (χ0) is 70.4. The Bertz CT molecular complexity index is 2200. The SMILES string of the molecule is CC/C=C\C/C=C\C/C=C\C/C=C\C/C=C\CCCC(=O)OCC(COP(=O)(O)OCC(O)COP(=O)(O)OCC(COC(=O)CCCCCCC/C=C\CCCCCCCC)OC(=O)CCCCCCC/C=C\CCCCCC)OC(=O)CCCCCCC/C=C\CCCC. The molecule has 0 saturated carbocycles. The number of aliphatic hydroxyl groups is 1. The molecule has 0 aromatic rings. The summed E-state index contributed by atoms with van der Waals surface area (Å²) in [6, 6.07) is 0. The Morgan fingerprint density at radius 1 is 0.302 bits per heavy atom. The molecule has 3 N–H and O–H groups in total. The molecule has 0 fully saturated rings. The van der Waals surface area contributed by atoms with Gasteiger partial charge >= 0.3 is 39.5 Å². The van der Waals surface area contributed by atoms with Crippen molar-refractivity contribution in [1.29, 1.82) is 0 Å². The first-order chi connectivity index (χ1) is 46.7. The summed E-state index contributed by atoms with van der Waals surface area (Å²) in [6.07, 6.45) is 71.3. The minimum absolute atomic E-state index is 0.0716. The molecule has 0 radical (unpaired) electrons. The fraction of sp³-hybridized carbons (Fsp3) is 0.740. The number of unbranched alkanes of at least 4 members (excludes halogenated alkanes) is 28. The van der Waals surface area contributed by atoms with Crippen molar-refractivity contribution in [3.05, 3.63) is 97.2 Å². The van der Waals surface area contributed by atoms with E-state index in [1.165, 1.54) is 77.0 Å². The molecule has 96 heavy (non-hydrogen) atoms. The van der Waals surface area contributed by atoms with E-state index in [1.54, 1.807) is 0 Å². The van der Waals surface area contributed by atoms with Crippen molar-refractivity contribution in [2.45, 2.75) is 329 Å². The molecule has 17 nitrogen and oxygen atoms in total. The first-order valence-corrected chi connectivity index (χ1v) is 40.5. The zero-order valence-electron chi connectivity index (χ0n) is 60.3. The molecule has 0 amide bonds. The van der Waals surface area contributed by atoms with Crippen molar-refractivity contribution < 1.29 is 80.2 Å². The van der Waals surface area contributed by atoms with Gasteiger partial charge in [-0.1, -0.05) is 247 Å². The van der Waals surface area contributed by atoms with Crippen LogP contribution >= 0.6 is 15.6 Å². The van der Waals surface area contributed by atoms with Crippen LogP contribution in [0.5, 0.6) is 0 Å². The highest BCUT2D eigenvalue weighted by atomic mass is 31.2. The lowest BCUT2D eigenvalue weighted by molar-refractivity contribution is -0.161. The summed E-state index contributed by atoms with van der Waals surface area (Å²) in [6.45, 7) is 4.61. The first-order valence-electron chi connectivity index (χ1n) is 37.5. The number of rotatable bonds is 70. The van der Waals surface area contributed by atoms with Crippen LogP contribution in [0.15, 0.2) is 97.2 Å². The molecule has 19 heteroatoms. The van der Waals surface area contributed by atoms with Crippen LogP contribution < -0.4 is 0 Å². The van der Waals surface area contributed by atoms with Crippen LogP contribution in [0.2, 0.25) is 0 Å². The van der Waals surface area contributed by atoms with Gasteiger partial charge in [0.15, 0.2) is 12.2 Å². The number of phosphoric acid groups is 2. The van der Waals surface area contributed by atoms with Crippen molar-refractivity contribution >= 4 is 39.5 Å². The van der Waals surface area contributed by atoms with Crippen LogP contribution in [0.4, 0.5) is 0 Å². The maximum atomic E-state index is 13.1. The van der Waals surface area contributed by atoms with Crippen LogP contribution in [-0.4, -0.2) is 96.7 Å². The van der Waals surface area contributed by atoms with Gasteiger partial charge < -0.3 is 33.8 Å². The molecule has 5 atom stereocenters. The highest BCUT2D eigenvalue weighted by Gasteiger charge is 2.30. The van der Waals surface area contributed by atoms with Crippen LogP contribution in [0.1, 0.15) is 310 Å².